The fraction of sp³-hybridized carbons (Fsp3) is 0.889. The molecule has 3 nitrogen and oxygen atoms in total. The molecule has 0 saturated carbocycles. The molecule has 1 amide bonds. The minimum atomic E-state index is 0.251. The summed E-state index contributed by atoms with van der Waals surface area (Å²) in [5, 5.41) is 3.26. The molecule has 0 aromatic heterocycles. The van der Waals surface area contributed by atoms with Crippen LogP contribution >= 0.6 is 22.9 Å². The smallest absolute Gasteiger partial charge is 0.234 e. The molecule has 0 spiro atoms. The number of nitrogens with zero attached hydrogens (tertiary/aromatic N) is 1. The Labute approximate surface area is 93.7 Å². The number of hydrogen-bond acceptors (Lipinski definition) is 2. The van der Waals surface area contributed by atoms with Crippen molar-refractivity contribution < 1.29 is 4.79 Å². The van der Waals surface area contributed by atoms with E-state index in [1.54, 1.807) is 0 Å². The minimum absolute atomic E-state index is 0.251. The molecule has 0 unspecified atom stereocenters. The van der Waals surface area contributed by atoms with Crippen LogP contribution in [0.25, 0.3) is 0 Å². The molecule has 1 aliphatic heterocycles. The van der Waals surface area contributed by atoms with Gasteiger partial charge in [-0.15, -0.1) is 0 Å². The summed E-state index contributed by atoms with van der Waals surface area (Å²) in [6.07, 6.45) is 1.98. The predicted octanol–water partition coefficient (Wildman–Crippen LogP) is 1.57. The molecule has 13 heavy (non-hydrogen) atoms. The number of piperidine rings is 1. The van der Waals surface area contributed by atoms with Gasteiger partial charge in [0, 0.05) is 12.0 Å². The van der Waals surface area contributed by atoms with Gasteiger partial charge in [-0.05, 0) is 39.8 Å². The van der Waals surface area contributed by atoms with E-state index in [2.05, 4.69) is 28.2 Å². The van der Waals surface area contributed by atoms with Crippen molar-refractivity contribution in [2.45, 2.75) is 32.7 Å². The highest BCUT2D eigenvalue weighted by Crippen LogP contribution is 2.19. The van der Waals surface area contributed by atoms with Gasteiger partial charge in [-0.3, -0.25) is 7.91 Å². The van der Waals surface area contributed by atoms with E-state index in [9.17, 15) is 4.79 Å². The number of carbonyl (C=O) groups excluding carboxylic acids is 1. The molecule has 4 heteroatoms. The van der Waals surface area contributed by atoms with Crippen molar-refractivity contribution >= 4 is 28.8 Å². The van der Waals surface area contributed by atoms with E-state index in [0.717, 1.165) is 25.9 Å². The summed E-state index contributed by atoms with van der Waals surface area (Å²) >= 11 is 2.12. The molecule has 1 N–H and O–H groups in total. The van der Waals surface area contributed by atoms with Crippen LogP contribution in [0.1, 0.15) is 26.7 Å². The van der Waals surface area contributed by atoms with Crippen molar-refractivity contribution in [2.75, 3.05) is 13.1 Å². The van der Waals surface area contributed by atoms with Crippen molar-refractivity contribution in [3.05, 3.63) is 0 Å². The van der Waals surface area contributed by atoms with Crippen LogP contribution < -0.4 is 5.32 Å². The van der Waals surface area contributed by atoms with Gasteiger partial charge in [0.1, 0.15) is 0 Å². The van der Waals surface area contributed by atoms with Gasteiger partial charge in [0.05, 0.1) is 22.9 Å². The first-order valence-corrected chi connectivity index (χ1v) is 5.79. The molecule has 0 aliphatic carbocycles. The maximum Gasteiger partial charge on any atom is 0.234 e. The highest BCUT2D eigenvalue weighted by atomic mass is 127. The van der Waals surface area contributed by atoms with E-state index >= 15 is 0 Å². The van der Waals surface area contributed by atoms with Crippen molar-refractivity contribution in [3.8, 4) is 0 Å². The van der Waals surface area contributed by atoms with Crippen LogP contribution in [0.15, 0.2) is 0 Å². The van der Waals surface area contributed by atoms with E-state index in [-0.39, 0.29) is 5.92 Å². The molecule has 1 aliphatic rings. The highest BCUT2D eigenvalue weighted by molar-refractivity contribution is 14.1. The Morgan fingerprint density at radius 2 is 2.00 bits per heavy atom. The molecular weight excluding hydrogens is 279 g/mol. The molecule has 0 radical (unpaired) electrons. The van der Waals surface area contributed by atoms with Crippen LogP contribution in [0, 0.1) is 5.92 Å². The molecule has 76 valence electrons. The highest BCUT2D eigenvalue weighted by Gasteiger charge is 2.25. The van der Waals surface area contributed by atoms with Gasteiger partial charge >= 0.3 is 0 Å². The van der Waals surface area contributed by atoms with Crippen LogP contribution in [-0.2, 0) is 4.79 Å². The maximum atomic E-state index is 11.8. The lowest BCUT2D eigenvalue weighted by molar-refractivity contribution is -0.131. The molecule has 1 rings (SSSR count). The summed E-state index contributed by atoms with van der Waals surface area (Å²) in [6, 6.07) is 0.308. The normalized spacial score (nSPS) is 19.1. The first kappa shape index (κ1) is 11.2. The van der Waals surface area contributed by atoms with Crippen LogP contribution in [0.5, 0.6) is 0 Å². The molecule has 0 atom stereocenters. The van der Waals surface area contributed by atoms with Gasteiger partial charge in [0.25, 0.3) is 0 Å². The molecule has 1 fully saturated rings. The molecule has 0 aromatic rings. The standard InChI is InChI=1S/C9H17IN2O/c1-7(2)12(10)9(13)8-3-5-11-6-4-8/h7-8,11H,3-6H2,1-2H3. The van der Waals surface area contributed by atoms with E-state index in [1.165, 1.54) is 0 Å². The Kier molecular flexibility index (Phi) is 4.45. The zero-order valence-electron chi connectivity index (χ0n) is 8.22. The lowest BCUT2D eigenvalue weighted by Gasteiger charge is -2.27. The summed E-state index contributed by atoms with van der Waals surface area (Å²) in [5.74, 6) is 0.553. The number of nitrogens with one attached hydrogen (secondary N) is 1. The Morgan fingerprint density at radius 3 is 2.46 bits per heavy atom. The first-order chi connectivity index (χ1) is 6.13. The summed E-state index contributed by atoms with van der Waals surface area (Å²) in [7, 11) is 0. The topological polar surface area (TPSA) is 32.3 Å². The lowest BCUT2D eigenvalue weighted by Crippen LogP contribution is -2.39. The Hall–Kier alpha value is 0.160. The SMILES string of the molecule is CC(C)N(I)C(=O)C1CCNCC1. The maximum absolute atomic E-state index is 11.8. The van der Waals surface area contributed by atoms with Crippen LogP contribution in [0.4, 0.5) is 0 Å². The average molecular weight is 296 g/mol. The predicted molar refractivity (Wildman–Crippen MR) is 61.6 cm³/mol. The van der Waals surface area contributed by atoms with Gasteiger partial charge < -0.3 is 5.32 Å². The van der Waals surface area contributed by atoms with Gasteiger partial charge in [0.15, 0.2) is 0 Å². The lowest BCUT2D eigenvalue weighted by atomic mass is 9.97. The van der Waals surface area contributed by atoms with Gasteiger partial charge in [-0.25, -0.2) is 0 Å². The third-order valence-corrected chi connectivity index (χ3v) is 3.94. The Morgan fingerprint density at radius 1 is 1.46 bits per heavy atom. The van der Waals surface area contributed by atoms with Crippen LogP contribution in [0.2, 0.25) is 0 Å². The van der Waals surface area contributed by atoms with Crippen LogP contribution in [-0.4, -0.2) is 28.2 Å². The van der Waals surface area contributed by atoms with Gasteiger partial charge in [-0.1, -0.05) is 0 Å². The van der Waals surface area contributed by atoms with Crippen molar-refractivity contribution in [1.82, 2.24) is 8.43 Å². The second-order valence-electron chi connectivity index (χ2n) is 3.77. The third-order valence-electron chi connectivity index (χ3n) is 2.35. The molecule has 1 heterocycles. The Bertz CT molecular complexity index is 178. The van der Waals surface area contributed by atoms with Crippen molar-refractivity contribution in [1.29, 1.82) is 0 Å². The van der Waals surface area contributed by atoms with Crippen molar-refractivity contribution in [2.24, 2.45) is 5.92 Å². The van der Waals surface area contributed by atoms with E-state index in [4.69, 9.17) is 0 Å². The van der Waals surface area contributed by atoms with Crippen LogP contribution in [0.3, 0.4) is 0 Å². The fourth-order valence-corrected chi connectivity index (χ4v) is 1.89. The van der Waals surface area contributed by atoms with Crippen molar-refractivity contribution in [3.63, 3.8) is 0 Å². The Balaban J connectivity index is 2.45. The third kappa shape index (κ3) is 3.09. The molecule has 1 saturated heterocycles. The fourth-order valence-electron chi connectivity index (χ4n) is 1.50. The summed E-state index contributed by atoms with van der Waals surface area (Å²) in [4.78, 5) is 11.8. The summed E-state index contributed by atoms with van der Waals surface area (Å²) < 4.78 is 1.83. The second kappa shape index (κ2) is 5.14. The summed E-state index contributed by atoms with van der Waals surface area (Å²) in [5.41, 5.74) is 0. The van der Waals surface area contributed by atoms with E-state index < -0.39 is 0 Å². The van der Waals surface area contributed by atoms with E-state index in [1.807, 2.05) is 17.0 Å². The molecule has 0 bridgehead atoms. The molecular formula is C9H17IN2O. The number of amides is 1. The van der Waals surface area contributed by atoms with E-state index in [0.29, 0.717) is 11.9 Å². The van der Waals surface area contributed by atoms with Gasteiger partial charge in [0.2, 0.25) is 5.91 Å². The number of rotatable bonds is 2. The number of hydrogen-bond donors (Lipinski definition) is 1. The minimum Gasteiger partial charge on any atom is -0.317 e. The first-order valence-electron chi connectivity index (χ1n) is 4.82. The molecule has 0 aromatic carbocycles. The number of carbonyl (C=O) groups is 1. The quantitative estimate of drug-likeness (QED) is 0.620. The van der Waals surface area contributed by atoms with Gasteiger partial charge in [-0.2, -0.15) is 0 Å². The summed E-state index contributed by atoms with van der Waals surface area (Å²) in [6.45, 7) is 6.06. The number of halogens is 1. The zero-order chi connectivity index (χ0) is 9.84. The zero-order valence-corrected chi connectivity index (χ0v) is 10.4. The second-order valence-corrected chi connectivity index (χ2v) is 4.81. The monoisotopic (exact) mass is 296 g/mol. The average Bonchev–Trinajstić information content (AvgIpc) is 2.17. The largest absolute Gasteiger partial charge is 0.317 e.